The topological polar surface area (TPSA) is 18.5 Å². The van der Waals surface area contributed by atoms with Crippen LogP contribution >= 0.6 is 0 Å². The second-order valence-electron chi connectivity index (χ2n) is 9.32. The van der Waals surface area contributed by atoms with Crippen molar-refractivity contribution in [3.05, 3.63) is 108 Å². The van der Waals surface area contributed by atoms with Gasteiger partial charge in [-0.3, -0.25) is 0 Å². The Bertz CT molecular complexity index is 964. The number of methoxy groups -OCH3 is 2. The normalized spacial score (nSPS) is 10.8. The smallest absolute Gasteiger partial charge is 0.118 e. The zero-order valence-electron chi connectivity index (χ0n) is 22.9. The van der Waals surface area contributed by atoms with Crippen molar-refractivity contribution in [1.82, 2.24) is 0 Å². The molecule has 0 aliphatic carbocycles. The van der Waals surface area contributed by atoms with Crippen LogP contribution in [0, 0.1) is 11.8 Å². The van der Waals surface area contributed by atoms with E-state index in [9.17, 15) is 0 Å². The van der Waals surface area contributed by atoms with Gasteiger partial charge in [0.1, 0.15) is 11.5 Å². The third-order valence-corrected chi connectivity index (χ3v) is 5.04. The molecule has 3 aromatic carbocycles. The van der Waals surface area contributed by atoms with Crippen LogP contribution in [0.5, 0.6) is 11.5 Å². The van der Waals surface area contributed by atoms with Gasteiger partial charge in [-0.1, -0.05) is 120 Å². The summed E-state index contributed by atoms with van der Waals surface area (Å²) in [5.74, 6) is 3.66. The van der Waals surface area contributed by atoms with Crippen molar-refractivity contribution in [2.45, 2.75) is 47.5 Å². The van der Waals surface area contributed by atoms with Crippen LogP contribution in [0.2, 0.25) is 0 Å². The third-order valence-electron chi connectivity index (χ3n) is 5.04. The highest BCUT2D eigenvalue weighted by atomic mass is 16.5. The highest BCUT2D eigenvalue weighted by Gasteiger charge is 1.97. The van der Waals surface area contributed by atoms with Crippen LogP contribution in [0.4, 0.5) is 0 Å². The van der Waals surface area contributed by atoms with Gasteiger partial charge < -0.3 is 9.47 Å². The van der Waals surface area contributed by atoms with Crippen LogP contribution in [0.25, 0.3) is 12.2 Å². The zero-order chi connectivity index (χ0) is 26.1. The van der Waals surface area contributed by atoms with Crippen LogP contribution < -0.4 is 9.47 Å². The van der Waals surface area contributed by atoms with Crippen LogP contribution in [-0.4, -0.2) is 14.2 Å². The number of rotatable bonds is 7. The van der Waals surface area contributed by atoms with Gasteiger partial charge in [-0.05, 0) is 58.7 Å². The first kappa shape index (κ1) is 29.8. The molecule has 0 radical (unpaired) electrons. The fourth-order valence-electron chi connectivity index (χ4n) is 2.88. The Hall–Kier alpha value is -3.26. The van der Waals surface area contributed by atoms with Gasteiger partial charge in [0.2, 0.25) is 0 Å². The van der Waals surface area contributed by atoms with Crippen LogP contribution in [0.3, 0.4) is 0 Å². The van der Waals surface area contributed by atoms with E-state index in [2.05, 4.69) is 114 Å². The molecule has 0 unspecified atom stereocenters. The molecular weight excluding hydrogens is 428 g/mol. The highest BCUT2D eigenvalue weighted by molar-refractivity contribution is 5.50. The minimum Gasteiger partial charge on any atom is -0.497 e. The minimum absolute atomic E-state index is 0.598. The summed E-state index contributed by atoms with van der Waals surface area (Å²) in [7, 11) is 3.36. The van der Waals surface area contributed by atoms with Gasteiger partial charge in [0.25, 0.3) is 0 Å². The maximum atomic E-state index is 5.07. The SMILES string of the molecule is CC(C)C=Cc1ccccc1.COc1ccc(C(C)C)cc1.COc1ccc(C=CC(C)C)cc1. The van der Waals surface area contributed by atoms with Crippen molar-refractivity contribution in [2.75, 3.05) is 14.2 Å². The van der Waals surface area contributed by atoms with E-state index in [0.29, 0.717) is 17.8 Å². The standard InChI is InChI=1S/C12H16O.C11H14.C10H14O/c1-10(2)4-5-11-6-8-12(13-3)9-7-11;1-10(2)8-9-11-6-4-3-5-7-11;1-8(2)9-4-6-10(11-3)7-5-9/h4-10H,1-3H3;3-10H,1-2H3;4-8H,1-3H3. The Morgan fingerprint density at radius 3 is 1.29 bits per heavy atom. The van der Waals surface area contributed by atoms with Gasteiger partial charge in [0, 0.05) is 0 Å². The lowest BCUT2D eigenvalue weighted by Crippen LogP contribution is -1.87. The maximum Gasteiger partial charge on any atom is 0.118 e. The lowest BCUT2D eigenvalue weighted by molar-refractivity contribution is 0.414. The number of hydrogen-bond donors (Lipinski definition) is 0. The molecule has 0 aromatic heterocycles. The average Bonchev–Trinajstić information content (AvgIpc) is 2.88. The van der Waals surface area contributed by atoms with Crippen molar-refractivity contribution in [2.24, 2.45) is 11.8 Å². The van der Waals surface area contributed by atoms with Crippen LogP contribution in [0.15, 0.2) is 91.0 Å². The van der Waals surface area contributed by atoms with E-state index in [4.69, 9.17) is 9.47 Å². The van der Waals surface area contributed by atoms with Gasteiger partial charge in [0.05, 0.1) is 14.2 Å². The molecule has 0 heterocycles. The molecule has 0 N–H and O–H groups in total. The molecule has 0 saturated carbocycles. The molecule has 188 valence electrons. The van der Waals surface area contributed by atoms with Gasteiger partial charge in [-0.2, -0.15) is 0 Å². The summed E-state index contributed by atoms with van der Waals surface area (Å²) < 4.78 is 10.1. The number of allylic oxidation sites excluding steroid dienone is 2. The largest absolute Gasteiger partial charge is 0.497 e. The second-order valence-corrected chi connectivity index (χ2v) is 9.32. The Balaban J connectivity index is 0.000000264. The van der Waals surface area contributed by atoms with Crippen molar-refractivity contribution in [3.63, 3.8) is 0 Å². The Labute approximate surface area is 214 Å². The summed E-state index contributed by atoms with van der Waals surface area (Å²) in [6, 6.07) is 26.6. The van der Waals surface area contributed by atoms with E-state index in [1.54, 1.807) is 14.2 Å². The van der Waals surface area contributed by atoms with E-state index < -0.39 is 0 Å². The first-order chi connectivity index (χ1) is 16.7. The lowest BCUT2D eigenvalue weighted by Gasteiger charge is -2.05. The monoisotopic (exact) mass is 472 g/mol. The predicted octanol–water partition coefficient (Wildman–Crippen LogP) is 9.54. The molecule has 2 heteroatoms. The fraction of sp³-hybridized carbons (Fsp3) is 0.333. The van der Waals surface area contributed by atoms with Crippen LogP contribution in [-0.2, 0) is 0 Å². The van der Waals surface area contributed by atoms with Crippen molar-refractivity contribution in [1.29, 1.82) is 0 Å². The van der Waals surface area contributed by atoms with E-state index in [0.717, 1.165) is 11.5 Å². The molecule has 0 aliphatic rings. The zero-order valence-corrected chi connectivity index (χ0v) is 22.9. The summed E-state index contributed by atoms with van der Waals surface area (Å²) in [4.78, 5) is 0. The quantitative estimate of drug-likeness (QED) is 0.341. The third kappa shape index (κ3) is 13.9. The molecule has 0 fully saturated rings. The van der Waals surface area contributed by atoms with Crippen LogP contribution in [0.1, 0.15) is 64.2 Å². The van der Waals surface area contributed by atoms with Gasteiger partial charge in [0.15, 0.2) is 0 Å². The second kappa shape index (κ2) is 17.2. The Morgan fingerprint density at radius 2 is 0.914 bits per heavy atom. The Morgan fingerprint density at radius 1 is 0.514 bits per heavy atom. The summed E-state index contributed by atoms with van der Waals surface area (Å²) in [5.41, 5.74) is 3.85. The summed E-state index contributed by atoms with van der Waals surface area (Å²) in [6.45, 7) is 13.1. The maximum absolute atomic E-state index is 5.07. The van der Waals surface area contributed by atoms with Crippen molar-refractivity contribution in [3.8, 4) is 11.5 Å². The number of benzene rings is 3. The van der Waals surface area contributed by atoms with E-state index in [1.165, 1.54) is 16.7 Å². The summed E-state index contributed by atoms with van der Waals surface area (Å²) >= 11 is 0. The molecule has 3 rings (SSSR count). The lowest BCUT2D eigenvalue weighted by atomic mass is 10.0. The molecular formula is C33H44O2. The molecule has 0 atom stereocenters. The minimum atomic E-state index is 0.598. The number of hydrogen-bond acceptors (Lipinski definition) is 2. The van der Waals surface area contributed by atoms with E-state index >= 15 is 0 Å². The molecule has 0 spiro atoms. The van der Waals surface area contributed by atoms with Gasteiger partial charge in [-0.25, -0.2) is 0 Å². The summed E-state index contributed by atoms with van der Waals surface area (Å²) in [6.07, 6.45) is 8.67. The molecule has 2 nitrogen and oxygen atoms in total. The molecule has 3 aromatic rings. The van der Waals surface area contributed by atoms with Gasteiger partial charge >= 0.3 is 0 Å². The Kier molecular flexibility index (Phi) is 14.6. The molecule has 0 amide bonds. The summed E-state index contributed by atoms with van der Waals surface area (Å²) in [5, 5.41) is 0. The first-order valence-corrected chi connectivity index (χ1v) is 12.4. The molecule has 35 heavy (non-hydrogen) atoms. The molecule has 0 aliphatic heterocycles. The average molecular weight is 473 g/mol. The van der Waals surface area contributed by atoms with Crippen molar-refractivity contribution < 1.29 is 9.47 Å². The molecule has 0 bridgehead atoms. The van der Waals surface area contributed by atoms with Crippen molar-refractivity contribution >= 4 is 12.2 Å². The van der Waals surface area contributed by atoms with E-state index in [-0.39, 0.29) is 0 Å². The molecule has 0 saturated heterocycles. The van der Waals surface area contributed by atoms with E-state index in [1.807, 2.05) is 30.3 Å². The highest BCUT2D eigenvalue weighted by Crippen LogP contribution is 2.18. The van der Waals surface area contributed by atoms with Gasteiger partial charge in [-0.15, -0.1) is 0 Å². The fourth-order valence-corrected chi connectivity index (χ4v) is 2.88. The first-order valence-electron chi connectivity index (χ1n) is 12.4. The predicted molar refractivity (Wildman–Crippen MR) is 154 cm³/mol. The number of ether oxygens (including phenoxy) is 2.